The number of carbonyl (C=O) groups is 2. The zero-order valence-electron chi connectivity index (χ0n) is 22.5. The van der Waals surface area contributed by atoms with E-state index in [4.69, 9.17) is 14.2 Å². The highest BCUT2D eigenvalue weighted by Gasteiger charge is 2.47. The Balaban J connectivity index is 1.95. The summed E-state index contributed by atoms with van der Waals surface area (Å²) < 4.78 is 17.0. The van der Waals surface area contributed by atoms with E-state index in [0.717, 1.165) is 10.4 Å². The molecule has 8 heteroatoms. The van der Waals surface area contributed by atoms with Crippen molar-refractivity contribution in [2.75, 3.05) is 20.8 Å². The first-order valence-corrected chi connectivity index (χ1v) is 13.3. The lowest BCUT2D eigenvalue weighted by Gasteiger charge is -2.27. The number of nitrogens with zero attached hydrogens (tertiary/aromatic N) is 1. The lowest BCUT2D eigenvalue weighted by atomic mass is 9.84. The van der Waals surface area contributed by atoms with Crippen molar-refractivity contribution < 1.29 is 28.9 Å². The third-order valence-electron chi connectivity index (χ3n) is 6.54. The fraction of sp³-hybridized carbons (Fsp3) is 0.333. The highest BCUT2D eigenvalue weighted by atomic mass is 32.1. The molecule has 3 aromatic rings. The van der Waals surface area contributed by atoms with Crippen LogP contribution in [0.3, 0.4) is 0 Å². The van der Waals surface area contributed by atoms with Gasteiger partial charge in [-0.15, -0.1) is 11.3 Å². The molecule has 200 valence electrons. The molecule has 0 bridgehead atoms. The predicted octanol–water partition coefficient (Wildman–Crippen LogP) is 6.08. The number of likely N-dealkylation sites (tertiary alicyclic amines) is 1. The van der Waals surface area contributed by atoms with Gasteiger partial charge in [-0.1, -0.05) is 39.0 Å². The van der Waals surface area contributed by atoms with Gasteiger partial charge in [-0.2, -0.15) is 0 Å². The Kier molecular flexibility index (Phi) is 7.83. The first-order chi connectivity index (χ1) is 18.1. The van der Waals surface area contributed by atoms with Crippen LogP contribution in [-0.4, -0.2) is 42.5 Å². The van der Waals surface area contributed by atoms with Crippen LogP contribution in [-0.2, 0) is 21.5 Å². The maximum atomic E-state index is 13.5. The smallest absolute Gasteiger partial charge is 0.295 e. The molecule has 0 spiro atoms. The summed E-state index contributed by atoms with van der Waals surface area (Å²) in [5.74, 6) is -0.119. The summed E-state index contributed by atoms with van der Waals surface area (Å²) in [5, 5.41) is 13.6. The van der Waals surface area contributed by atoms with Gasteiger partial charge in [-0.25, -0.2) is 0 Å². The number of aliphatic hydroxyl groups is 1. The van der Waals surface area contributed by atoms with E-state index in [0.29, 0.717) is 35.0 Å². The summed E-state index contributed by atoms with van der Waals surface area (Å²) in [6.45, 7) is 8.77. The molecule has 2 aromatic carbocycles. The molecule has 1 aliphatic rings. The Labute approximate surface area is 227 Å². The molecular formula is C30H33NO6S. The standard InChI is InChI=1S/C30H33NO6S/c1-7-37-22-14-13-18(16-21(22)30(2,3)4)26(32)24-25(20-11-8-12-23(35-5)28(20)36-6)31(29(34)27(24)33)17-19-10-9-15-38-19/h8-16,25,32H,7,17H2,1-6H3/b26-24+. The zero-order chi connectivity index (χ0) is 27.6. The summed E-state index contributed by atoms with van der Waals surface area (Å²) in [4.78, 5) is 29.4. The molecule has 1 unspecified atom stereocenters. The fourth-order valence-corrected chi connectivity index (χ4v) is 5.47. The van der Waals surface area contributed by atoms with Crippen LogP contribution in [0.2, 0.25) is 0 Å². The Morgan fingerprint density at radius 2 is 1.79 bits per heavy atom. The molecule has 1 saturated heterocycles. The van der Waals surface area contributed by atoms with Gasteiger partial charge in [0.25, 0.3) is 11.7 Å². The molecule has 0 radical (unpaired) electrons. The van der Waals surface area contributed by atoms with Crippen molar-refractivity contribution in [3.8, 4) is 17.2 Å². The number of Topliss-reactive ketones (excluding diaryl/α,β-unsaturated/α-hetero) is 1. The van der Waals surface area contributed by atoms with Crippen molar-refractivity contribution in [2.45, 2.75) is 45.7 Å². The second kappa shape index (κ2) is 10.9. The molecule has 1 aliphatic heterocycles. The van der Waals surface area contributed by atoms with E-state index in [1.165, 1.54) is 30.5 Å². The van der Waals surface area contributed by atoms with E-state index >= 15 is 0 Å². The maximum absolute atomic E-state index is 13.5. The Hall–Kier alpha value is -3.78. The Morgan fingerprint density at radius 1 is 1.03 bits per heavy atom. The molecule has 4 rings (SSSR count). The van der Waals surface area contributed by atoms with Gasteiger partial charge in [0.15, 0.2) is 11.5 Å². The molecule has 2 heterocycles. The van der Waals surface area contributed by atoms with Crippen LogP contribution < -0.4 is 14.2 Å². The van der Waals surface area contributed by atoms with Crippen LogP contribution in [0, 0.1) is 0 Å². The third kappa shape index (κ3) is 5.00. The van der Waals surface area contributed by atoms with Crippen LogP contribution in [0.4, 0.5) is 0 Å². The molecule has 1 aromatic heterocycles. The molecule has 0 saturated carbocycles. The maximum Gasteiger partial charge on any atom is 0.295 e. The lowest BCUT2D eigenvalue weighted by Crippen LogP contribution is -2.29. The van der Waals surface area contributed by atoms with Crippen molar-refractivity contribution >= 4 is 28.8 Å². The van der Waals surface area contributed by atoms with Crippen LogP contribution in [0.1, 0.15) is 55.3 Å². The minimum Gasteiger partial charge on any atom is -0.507 e. The van der Waals surface area contributed by atoms with Crippen LogP contribution >= 0.6 is 11.3 Å². The van der Waals surface area contributed by atoms with Crippen molar-refractivity contribution in [3.63, 3.8) is 0 Å². The third-order valence-corrected chi connectivity index (χ3v) is 7.40. The number of thiophene rings is 1. The van der Waals surface area contributed by atoms with Crippen molar-refractivity contribution in [1.82, 2.24) is 4.90 Å². The number of ether oxygens (including phenoxy) is 3. The highest BCUT2D eigenvalue weighted by Crippen LogP contribution is 2.46. The van der Waals surface area contributed by atoms with Gasteiger partial charge in [0.05, 0.1) is 39.0 Å². The molecule has 1 atom stereocenters. The average Bonchev–Trinajstić information content (AvgIpc) is 3.50. The number of amides is 1. The monoisotopic (exact) mass is 535 g/mol. The van der Waals surface area contributed by atoms with Gasteiger partial charge < -0.3 is 24.2 Å². The molecule has 1 amide bonds. The van der Waals surface area contributed by atoms with Gasteiger partial charge in [-0.3, -0.25) is 9.59 Å². The molecule has 1 N–H and O–H groups in total. The number of aliphatic hydroxyl groups excluding tert-OH is 1. The van der Waals surface area contributed by atoms with Gasteiger partial charge >= 0.3 is 0 Å². The summed E-state index contributed by atoms with van der Waals surface area (Å²) in [7, 11) is 3.03. The summed E-state index contributed by atoms with van der Waals surface area (Å²) in [6, 6.07) is 13.6. The second-order valence-corrected chi connectivity index (χ2v) is 11.0. The largest absolute Gasteiger partial charge is 0.507 e. The molecule has 0 aliphatic carbocycles. The van der Waals surface area contributed by atoms with E-state index in [1.807, 2.05) is 30.5 Å². The number of carbonyl (C=O) groups excluding carboxylic acids is 2. The molecule has 7 nitrogen and oxygen atoms in total. The van der Waals surface area contributed by atoms with Crippen LogP contribution in [0.15, 0.2) is 59.5 Å². The fourth-order valence-electron chi connectivity index (χ4n) is 4.76. The van der Waals surface area contributed by atoms with Gasteiger partial charge in [0.1, 0.15) is 11.5 Å². The summed E-state index contributed by atoms with van der Waals surface area (Å²) in [6.07, 6.45) is 0. The zero-order valence-corrected chi connectivity index (χ0v) is 23.3. The minimum absolute atomic E-state index is 0.00197. The van der Waals surface area contributed by atoms with E-state index in [-0.39, 0.29) is 23.3 Å². The van der Waals surface area contributed by atoms with Crippen molar-refractivity contribution in [2.24, 2.45) is 0 Å². The first kappa shape index (κ1) is 27.3. The van der Waals surface area contributed by atoms with Gasteiger partial charge in [0.2, 0.25) is 0 Å². The van der Waals surface area contributed by atoms with Crippen molar-refractivity contribution in [3.05, 3.63) is 81.1 Å². The Morgan fingerprint density at radius 3 is 2.39 bits per heavy atom. The predicted molar refractivity (Wildman–Crippen MR) is 148 cm³/mol. The first-order valence-electron chi connectivity index (χ1n) is 12.4. The van der Waals surface area contributed by atoms with Crippen LogP contribution in [0.25, 0.3) is 5.76 Å². The molecule has 1 fully saturated rings. The lowest BCUT2D eigenvalue weighted by molar-refractivity contribution is -0.140. The minimum atomic E-state index is -0.883. The Bertz CT molecular complexity index is 1370. The summed E-state index contributed by atoms with van der Waals surface area (Å²) >= 11 is 1.49. The number of hydrogen-bond donors (Lipinski definition) is 1. The molecule has 38 heavy (non-hydrogen) atoms. The van der Waals surface area contributed by atoms with E-state index < -0.39 is 17.7 Å². The SMILES string of the molecule is CCOc1ccc(/C(O)=C2\C(=O)C(=O)N(Cc3cccs3)C2c2cccc(OC)c2OC)cc1C(C)(C)C. The molecular weight excluding hydrogens is 502 g/mol. The van der Waals surface area contributed by atoms with E-state index in [9.17, 15) is 14.7 Å². The topological polar surface area (TPSA) is 85.3 Å². The summed E-state index contributed by atoms with van der Waals surface area (Å²) in [5.41, 5.74) is 1.57. The number of benzene rings is 2. The highest BCUT2D eigenvalue weighted by molar-refractivity contribution is 7.09. The number of rotatable bonds is 8. The number of ketones is 1. The number of methoxy groups -OCH3 is 2. The quantitative estimate of drug-likeness (QED) is 0.214. The van der Waals surface area contributed by atoms with Crippen LogP contribution in [0.5, 0.6) is 17.2 Å². The number of hydrogen-bond acceptors (Lipinski definition) is 7. The van der Waals surface area contributed by atoms with Gasteiger partial charge in [-0.05, 0) is 48.1 Å². The normalized spacial score (nSPS) is 17.1. The average molecular weight is 536 g/mol. The van der Waals surface area contributed by atoms with Gasteiger partial charge in [0, 0.05) is 21.6 Å². The van der Waals surface area contributed by atoms with E-state index in [1.54, 1.807) is 30.3 Å². The van der Waals surface area contributed by atoms with Crippen molar-refractivity contribution in [1.29, 1.82) is 0 Å². The number of para-hydroxylation sites is 1. The second-order valence-electron chi connectivity index (χ2n) is 9.98. The van der Waals surface area contributed by atoms with E-state index in [2.05, 4.69) is 20.8 Å².